The summed E-state index contributed by atoms with van der Waals surface area (Å²) in [5, 5.41) is 0. The number of hydrogen-bond donors (Lipinski definition) is 0. The van der Waals surface area contributed by atoms with Crippen LogP contribution < -0.4 is 9.47 Å². The molecule has 0 fully saturated rings. The van der Waals surface area contributed by atoms with Crippen LogP contribution in [-0.2, 0) is 0 Å². The van der Waals surface area contributed by atoms with Gasteiger partial charge in [0.25, 0.3) is 0 Å². The molecule has 0 aliphatic heterocycles. The molecule has 0 unspecified atom stereocenters. The summed E-state index contributed by atoms with van der Waals surface area (Å²) in [6, 6.07) is 7.61. The zero-order chi connectivity index (χ0) is 11.3. The summed E-state index contributed by atoms with van der Waals surface area (Å²) in [6.45, 7) is 7.11. The van der Waals surface area contributed by atoms with E-state index in [1.54, 1.807) is 7.11 Å². The van der Waals surface area contributed by atoms with Gasteiger partial charge in [-0.05, 0) is 29.7 Å². The van der Waals surface area contributed by atoms with E-state index in [0.29, 0.717) is 6.61 Å². The lowest BCUT2D eigenvalue weighted by Gasteiger charge is -2.17. The van der Waals surface area contributed by atoms with E-state index in [1.807, 2.05) is 24.3 Å². The van der Waals surface area contributed by atoms with Crippen LogP contribution in [0.1, 0.15) is 20.8 Å². The SMILES string of the molecule is COc1ccc(OC[CH]C(C)(C)C)cc1. The molecule has 1 rings (SSSR count). The van der Waals surface area contributed by atoms with Crippen LogP contribution in [-0.4, -0.2) is 13.7 Å². The fraction of sp³-hybridized carbons (Fsp3) is 0.462. The van der Waals surface area contributed by atoms with Crippen molar-refractivity contribution >= 4 is 0 Å². The van der Waals surface area contributed by atoms with Gasteiger partial charge in [-0.25, -0.2) is 0 Å². The van der Waals surface area contributed by atoms with Gasteiger partial charge in [-0.1, -0.05) is 20.8 Å². The van der Waals surface area contributed by atoms with Gasteiger partial charge in [0.2, 0.25) is 0 Å². The minimum atomic E-state index is 0.201. The van der Waals surface area contributed by atoms with Crippen LogP contribution >= 0.6 is 0 Å². The Morgan fingerprint density at radius 3 is 2.07 bits per heavy atom. The van der Waals surface area contributed by atoms with E-state index in [0.717, 1.165) is 11.5 Å². The molecule has 1 aromatic rings. The number of methoxy groups -OCH3 is 1. The van der Waals surface area contributed by atoms with Gasteiger partial charge < -0.3 is 9.47 Å². The van der Waals surface area contributed by atoms with Crippen molar-refractivity contribution in [3.05, 3.63) is 30.7 Å². The predicted molar refractivity (Wildman–Crippen MR) is 62.2 cm³/mol. The molecule has 2 heteroatoms. The number of hydrogen-bond acceptors (Lipinski definition) is 2. The summed E-state index contributed by atoms with van der Waals surface area (Å²) in [5.74, 6) is 1.72. The van der Waals surface area contributed by atoms with Crippen LogP contribution in [0.2, 0.25) is 0 Å². The highest BCUT2D eigenvalue weighted by atomic mass is 16.5. The first-order chi connectivity index (χ1) is 7.01. The first-order valence-corrected chi connectivity index (χ1v) is 5.12. The molecule has 0 aromatic heterocycles. The lowest BCUT2D eigenvalue weighted by atomic mass is 9.93. The number of benzene rings is 1. The van der Waals surface area contributed by atoms with Crippen molar-refractivity contribution in [1.29, 1.82) is 0 Å². The van der Waals surface area contributed by atoms with E-state index >= 15 is 0 Å². The van der Waals surface area contributed by atoms with Gasteiger partial charge in [-0.2, -0.15) is 0 Å². The molecule has 1 aromatic carbocycles. The molecule has 0 aliphatic rings. The molecule has 15 heavy (non-hydrogen) atoms. The van der Waals surface area contributed by atoms with Gasteiger partial charge in [0.1, 0.15) is 11.5 Å². The highest BCUT2D eigenvalue weighted by Crippen LogP contribution is 2.20. The van der Waals surface area contributed by atoms with Crippen molar-refractivity contribution in [3.8, 4) is 11.5 Å². The van der Waals surface area contributed by atoms with E-state index in [-0.39, 0.29) is 5.41 Å². The monoisotopic (exact) mass is 207 g/mol. The molecule has 0 spiro atoms. The summed E-state index contributed by atoms with van der Waals surface area (Å²) >= 11 is 0. The zero-order valence-corrected chi connectivity index (χ0v) is 9.91. The van der Waals surface area contributed by atoms with Crippen molar-refractivity contribution in [2.45, 2.75) is 20.8 Å². The van der Waals surface area contributed by atoms with Crippen LogP contribution in [0.3, 0.4) is 0 Å². The Balaban J connectivity index is 2.38. The van der Waals surface area contributed by atoms with Crippen LogP contribution in [0.15, 0.2) is 24.3 Å². The maximum absolute atomic E-state index is 5.57. The van der Waals surface area contributed by atoms with Gasteiger partial charge >= 0.3 is 0 Å². The molecule has 0 N–H and O–H groups in total. The molecule has 0 saturated heterocycles. The minimum absolute atomic E-state index is 0.201. The van der Waals surface area contributed by atoms with Crippen molar-refractivity contribution in [2.75, 3.05) is 13.7 Å². The lowest BCUT2D eigenvalue weighted by molar-refractivity contribution is 0.308. The Morgan fingerprint density at radius 2 is 1.60 bits per heavy atom. The molecule has 0 saturated carbocycles. The van der Waals surface area contributed by atoms with E-state index < -0.39 is 0 Å². The largest absolute Gasteiger partial charge is 0.497 e. The minimum Gasteiger partial charge on any atom is -0.497 e. The van der Waals surface area contributed by atoms with E-state index in [2.05, 4.69) is 27.2 Å². The predicted octanol–water partition coefficient (Wildman–Crippen LogP) is 3.32. The maximum atomic E-state index is 5.57. The van der Waals surface area contributed by atoms with Gasteiger partial charge in [-0.15, -0.1) is 0 Å². The standard InChI is InChI=1S/C13H19O2/c1-13(2,3)9-10-15-12-7-5-11(14-4)6-8-12/h5-9H,10H2,1-4H3. The third-order valence-corrected chi connectivity index (χ3v) is 2.01. The maximum Gasteiger partial charge on any atom is 0.119 e. The Bertz CT molecular complexity index is 282. The average molecular weight is 207 g/mol. The van der Waals surface area contributed by atoms with Crippen LogP contribution in [0.25, 0.3) is 0 Å². The van der Waals surface area contributed by atoms with E-state index in [1.165, 1.54) is 0 Å². The molecule has 0 heterocycles. The van der Waals surface area contributed by atoms with E-state index in [9.17, 15) is 0 Å². The third kappa shape index (κ3) is 4.73. The summed E-state index contributed by atoms with van der Waals surface area (Å²) in [5.41, 5.74) is 0.201. The van der Waals surface area contributed by atoms with Crippen molar-refractivity contribution in [3.63, 3.8) is 0 Å². The Morgan fingerprint density at radius 1 is 1.07 bits per heavy atom. The first-order valence-electron chi connectivity index (χ1n) is 5.12. The van der Waals surface area contributed by atoms with Gasteiger partial charge in [0.05, 0.1) is 13.7 Å². The van der Waals surface area contributed by atoms with Crippen molar-refractivity contribution in [1.82, 2.24) is 0 Å². The molecule has 2 nitrogen and oxygen atoms in total. The molecule has 0 aliphatic carbocycles. The highest BCUT2D eigenvalue weighted by Gasteiger charge is 2.10. The summed E-state index contributed by atoms with van der Waals surface area (Å²) in [4.78, 5) is 0. The third-order valence-electron chi connectivity index (χ3n) is 2.01. The smallest absolute Gasteiger partial charge is 0.119 e. The normalized spacial score (nSPS) is 11.2. The average Bonchev–Trinajstić information content (AvgIpc) is 2.17. The summed E-state index contributed by atoms with van der Waals surface area (Å²) < 4.78 is 10.6. The zero-order valence-electron chi connectivity index (χ0n) is 9.91. The van der Waals surface area contributed by atoms with Gasteiger partial charge in [0, 0.05) is 6.42 Å². The second kappa shape index (κ2) is 5.06. The first kappa shape index (κ1) is 11.9. The Kier molecular flexibility index (Phi) is 4.01. The second-order valence-corrected chi connectivity index (χ2v) is 4.56. The second-order valence-electron chi connectivity index (χ2n) is 4.56. The van der Waals surface area contributed by atoms with Crippen molar-refractivity contribution in [2.24, 2.45) is 5.41 Å². The van der Waals surface area contributed by atoms with Gasteiger partial charge in [0.15, 0.2) is 0 Å². The fourth-order valence-corrected chi connectivity index (χ4v) is 1.06. The quantitative estimate of drug-likeness (QED) is 0.754. The summed E-state index contributed by atoms with van der Waals surface area (Å²) in [6.07, 6.45) is 2.15. The molecule has 1 radical (unpaired) electrons. The molecule has 0 amide bonds. The van der Waals surface area contributed by atoms with Crippen LogP contribution in [0, 0.1) is 11.8 Å². The van der Waals surface area contributed by atoms with Crippen LogP contribution in [0.4, 0.5) is 0 Å². The molecule has 0 atom stereocenters. The Labute approximate surface area is 92.2 Å². The summed E-state index contributed by atoms with van der Waals surface area (Å²) in [7, 11) is 1.66. The highest BCUT2D eigenvalue weighted by molar-refractivity contribution is 5.31. The number of rotatable bonds is 4. The molecule has 0 bridgehead atoms. The topological polar surface area (TPSA) is 18.5 Å². The van der Waals surface area contributed by atoms with Crippen LogP contribution in [0.5, 0.6) is 11.5 Å². The van der Waals surface area contributed by atoms with Gasteiger partial charge in [-0.3, -0.25) is 0 Å². The lowest BCUT2D eigenvalue weighted by Crippen LogP contribution is -2.12. The number of ether oxygens (including phenoxy) is 2. The molecule has 83 valence electrons. The molecular formula is C13H19O2. The van der Waals surface area contributed by atoms with E-state index in [4.69, 9.17) is 9.47 Å². The molecular weight excluding hydrogens is 188 g/mol. The Hall–Kier alpha value is -1.18. The fourth-order valence-electron chi connectivity index (χ4n) is 1.06. The van der Waals surface area contributed by atoms with Crippen molar-refractivity contribution < 1.29 is 9.47 Å².